The predicted octanol–water partition coefficient (Wildman–Crippen LogP) is 16.1. The number of fused-ring (bicyclic) bond motifs is 10. The van der Waals surface area contributed by atoms with E-state index in [1.165, 1.54) is 137 Å². The van der Waals surface area contributed by atoms with Crippen molar-refractivity contribution >= 4 is 38.9 Å². The molecule has 8 aromatic rings. The van der Waals surface area contributed by atoms with Crippen molar-refractivity contribution in [3.8, 4) is 27.9 Å². The van der Waals surface area contributed by atoms with Crippen LogP contribution in [-0.4, -0.2) is 4.57 Å². The summed E-state index contributed by atoms with van der Waals surface area (Å²) in [6.45, 7) is 0. The molecule has 7 aromatic carbocycles. The Hall–Kier alpha value is -5.86. The molecule has 0 saturated heterocycles. The Kier molecular flexibility index (Phi) is 7.24. The number of nitrogens with zero attached hydrogens (tertiary/aromatic N) is 2. The average Bonchev–Trinajstić information content (AvgIpc) is 3.87. The molecule has 5 unspecified atom stereocenters. The van der Waals surface area contributed by atoms with E-state index in [2.05, 4.69) is 167 Å². The highest BCUT2D eigenvalue weighted by Crippen LogP contribution is 2.71. The molecule has 8 saturated carbocycles. The molecule has 2 nitrogen and oxygen atoms in total. The molecule has 1 aromatic heterocycles. The van der Waals surface area contributed by atoms with Crippen LogP contribution in [0.5, 0.6) is 0 Å². The summed E-state index contributed by atoms with van der Waals surface area (Å²) in [5.41, 5.74) is 20.3. The van der Waals surface area contributed by atoms with Crippen molar-refractivity contribution in [3.63, 3.8) is 0 Å². The molecule has 0 N–H and O–H groups in total. The minimum absolute atomic E-state index is 0.101. The van der Waals surface area contributed by atoms with Crippen LogP contribution in [0, 0.1) is 47.3 Å². The Balaban J connectivity index is 0.910. The first-order valence-electron chi connectivity index (χ1n) is 25.5. The van der Waals surface area contributed by atoms with E-state index in [0.717, 1.165) is 41.4 Å². The number of hydrogen-bond donors (Lipinski definition) is 0. The van der Waals surface area contributed by atoms with Gasteiger partial charge in [0.05, 0.1) is 11.0 Å². The molecular formula is C63H56N2. The van der Waals surface area contributed by atoms with E-state index < -0.39 is 0 Å². The van der Waals surface area contributed by atoms with Gasteiger partial charge in [-0.25, -0.2) is 0 Å². The normalized spacial score (nSPS) is 31.4. The molecule has 10 aliphatic carbocycles. The zero-order valence-corrected chi connectivity index (χ0v) is 37.3. The molecule has 1 heterocycles. The molecule has 0 amide bonds. The van der Waals surface area contributed by atoms with E-state index in [0.29, 0.717) is 5.92 Å². The Bertz CT molecular complexity index is 3200. The zero-order chi connectivity index (χ0) is 42.2. The van der Waals surface area contributed by atoms with Gasteiger partial charge in [-0.1, -0.05) is 103 Å². The first-order valence-corrected chi connectivity index (χ1v) is 25.5. The standard InChI is InChI=1S/C63H56N2/c1-5-13-56-50(9-1)52-25-23-48(36-58(52)62(56)42-18-17-38-27-39(30-42)31-43(62)29-38)64(46-19-21-47(22-20-46)65-60-15-7-3-11-54(60)55-12-4-8-16-61(55)65)49-24-26-53-51-10-2-6-14-57(51)63(59(53)37-49)44-32-40-28-41(34-44)35-45(63)33-40/h1-16,19-26,36-45H,17-18,27-35H2. The Labute approximate surface area is 383 Å². The molecule has 0 aliphatic heterocycles. The first kappa shape index (κ1) is 36.4. The summed E-state index contributed by atoms with van der Waals surface area (Å²) >= 11 is 0. The Morgan fingerprint density at radius 3 is 1.35 bits per heavy atom. The minimum Gasteiger partial charge on any atom is -0.310 e. The second-order valence-corrected chi connectivity index (χ2v) is 22.5. The van der Waals surface area contributed by atoms with Gasteiger partial charge in [-0.15, -0.1) is 0 Å². The number of anilines is 3. The van der Waals surface area contributed by atoms with E-state index in [4.69, 9.17) is 0 Å². The van der Waals surface area contributed by atoms with Gasteiger partial charge < -0.3 is 9.47 Å². The van der Waals surface area contributed by atoms with E-state index in [1.54, 1.807) is 22.3 Å². The lowest BCUT2D eigenvalue weighted by atomic mass is 9.43. The fourth-order valence-corrected chi connectivity index (χ4v) is 18.1. The smallest absolute Gasteiger partial charge is 0.0541 e. The van der Waals surface area contributed by atoms with Crippen molar-refractivity contribution in [1.82, 2.24) is 4.57 Å². The van der Waals surface area contributed by atoms with Crippen molar-refractivity contribution in [2.45, 2.75) is 81.5 Å². The lowest BCUT2D eigenvalue weighted by molar-refractivity contribution is -0.0399. The monoisotopic (exact) mass is 840 g/mol. The van der Waals surface area contributed by atoms with Crippen LogP contribution in [0.15, 0.2) is 158 Å². The lowest BCUT2D eigenvalue weighted by Gasteiger charge is -2.61. The molecule has 8 bridgehead atoms. The van der Waals surface area contributed by atoms with Crippen LogP contribution in [0.2, 0.25) is 0 Å². The van der Waals surface area contributed by atoms with E-state index >= 15 is 0 Å². The van der Waals surface area contributed by atoms with E-state index in [9.17, 15) is 0 Å². The van der Waals surface area contributed by atoms with Gasteiger partial charge >= 0.3 is 0 Å². The highest BCUT2D eigenvalue weighted by atomic mass is 15.1. The van der Waals surface area contributed by atoms with Crippen LogP contribution >= 0.6 is 0 Å². The number of aromatic nitrogens is 1. The van der Waals surface area contributed by atoms with Crippen molar-refractivity contribution < 1.29 is 0 Å². The summed E-state index contributed by atoms with van der Waals surface area (Å²) in [6.07, 6.45) is 15.5. The van der Waals surface area contributed by atoms with Gasteiger partial charge in [-0.3, -0.25) is 0 Å². The third kappa shape index (κ3) is 4.62. The summed E-state index contributed by atoms with van der Waals surface area (Å²) in [7, 11) is 0. The van der Waals surface area contributed by atoms with Crippen LogP contribution in [0.1, 0.15) is 92.9 Å². The van der Waals surface area contributed by atoms with Crippen LogP contribution in [0.25, 0.3) is 49.7 Å². The van der Waals surface area contributed by atoms with Gasteiger partial charge in [0.1, 0.15) is 0 Å². The molecule has 18 rings (SSSR count). The van der Waals surface area contributed by atoms with Gasteiger partial charge in [0.25, 0.3) is 0 Å². The third-order valence-corrected chi connectivity index (χ3v) is 19.8. The van der Waals surface area contributed by atoms with Crippen LogP contribution in [0.3, 0.4) is 0 Å². The van der Waals surface area contributed by atoms with E-state index in [1.807, 2.05) is 0 Å². The Morgan fingerprint density at radius 2 is 0.785 bits per heavy atom. The van der Waals surface area contributed by atoms with Crippen LogP contribution in [-0.2, 0) is 10.8 Å². The second kappa shape index (κ2) is 12.9. The predicted molar refractivity (Wildman–Crippen MR) is 267 cm³/mol. The molecule has 65 heavy (non-hydrogen) atoms. The zero-order valence-electron chi connectivity index (χ0n) is 37.3. The molecule has 8 fully saturated rings. The summed E-state index contributed by atoms with van der Waals surface area (Å²) in [6, 6.07) is 62.2. The van der Waals surface area contributed by atoms with Gasteiger partial charge in [-0.05, 0) is 217 Å². The first-order chi connectivity index (χ1) is 32.1. The summed E-state index contributed by atoms with van der Waals surface area (Å²) in [4.78, 5) is 2.67. The number of para-hydroxylation sites is 2. The Morgan fingerprint density at radius 1 is 0.354 bits per heavy atom. The highest BCUT2D eigenvalue weighted by molar-refractivity contribution is 6.09. The quantitative estimate of drug-likeness (QED) is 0.171. The molecule has 5 atom stereocenters. The van der Waals surface area contributed by atoms with Crippen LogP contribution < -0.4 is 4.90 Å². The van der Waals surface area contributed by atoms with Crippen molar-refractivity contribution in [2.75, 3.05) is 4.90 Å². The van der Waals surface area contributed by atoms with Gasteiger partial charge in [0.2, 0.25) is 0 Å². The highest BCUT2D eigenvalue weighted by Gasteiger charge is 2.62. The minimum atomic E-state index is 0.101. The number of hydrogen-bond acceptors (Lipinski definition) is 1. The van der Waals surface area contributed by atoms with Gasteiger partial charge in [0, 0.05) is 44.4 Å². The summed E-state index contributed by atoms with van der Waals surface area (Å²) in [5, 5.41) is 2.61. The largest absolute Gasteiger partial charge is 0.310 e. The van der Waals surface area contributed by atoms with Crippen molar-refractivity contribution in [1.29, 1.82) is 0 Å². The SMILES string of the molecule is c1ccc2c(c1)-c1ccc(N(c3ccc(-n4c5ccccc5c5ccccc54)cc3)c3ccc4c(c3)C3(c5ccccc5-4)C4CC5CC(C4)CC3C5)cc1C21C2CCC3CC(C2)CC1C3. The second-order valence-electron chi connectivity index (χ2n) is 22.5. The molecular weight excluding hydrogens is 785 g/mol. The average molecular weight is 841 g/mol. The maximum absolute atomic E-state index is 2.72. The van der Waals surface area contributed by atoms with Crippen molar-refractivity contribution in [2.24, 2.45) is 47.3 Å². The summed E-state index contributed by atoms with van der Waals surface area (Å²) in [5.74, 6) is 6.55. The van der Waals surface area contributed by atoms with E-state index in [-0.39, 0.29) is 10.8 Å². The molecule has 2 spiro atoms. The summed E-state index contributed by atoms with van der Waals surface area (Å²) < 4.78 is 2.47. The molecule has 2 heteroatoms. The molecule has 318 valence electrons. The maximum atomic E-state index is 2.72. The fourth-order valence-electron chi connectivity index (χ4n) is 18.1. The van der Waals surface area contributed by atoms with Crippen molar-refractivity contribution in [3.05, 3.63) is 180 Å². The maximum Gasteiger partial charge on any atom is 0.0541 e. The molecule has 10 aliphatic rings. The van der Waals surface area contributed by atoms with Crippen LogP contribution in [0.4, 0.5) is 17.1 Å². The molecule has 0 radical (unpaired) electrons. The topological polar surface area (TPSA) is 8.17 Å². The third-order valence-electron chi connectivity index (χ3n) is 19.8. The number of rotatable bonds is 4. The number of benzene rings is 7. The lowest BCUT2D eigenvalue weighted by Crippen LogP contribution is -2.55. The van der Waals surface area contributed by atoms with Gasteiger partial charge in [-0.2, -0.15) is 0 Å². The fraction of sp³-hybridized carbons (Fsp3) is 0.333. The van der Waals surface area contributed by atoms with Gasteiger partial charge in [0.15, 0.2) is 0 Å².